The van der Waals surface area contributed by atoms with E-state index in [1.54, 1.807) is 26.4 Å². The number of ether oxygens (including phenoxy) is 2. The van der Waals surface area contributed by atoms with Crippen molar-refractivity contribution in [2.45, 2.75) is 13.0 Å². The van der Waals surface area contributed by atoms with Crippen molar-refractivity contribution in [1.29, 1.82) is 0 Å². The van der Waals surface area contributed by atoms with Crippen molar-refractivity contribution < 1.29 is 13.9 Å². The Morgan fingerprint density at radius 3 is 2.52 bits per heavy atom. The van der Waals surface area contributed by atoms with Gasteiger partial charge in [0.05, 0.1) is 25.9 Å². The second-order valence-electron chi connectivity index (χ2n) is 4.57. The fraction of sp³-hybridized carbons (Fsp3) is 0.250. The van der Waals surface area contributed by atoms with Gasteiger partial charge < -0.3 is 14.8 Å². The summed E-state index contributed by atoms with van der Waals surface area (Å²) in [6, 6.07) is 10.3. The summed E-state index contributed by atoms with van der Waals surface area (Å²) in [6.07, 6.45) is 0. The van der Waals surface area contributed by atoms with Gasteiger partial charge in [0.25, 0.3) is 0 Å². The molecule has 2 aromatic rings. The molecule has 0 saturated heterocycles. The van der Waals surface area contributed by atoms with Gasteiger partial charge in [-0.3, -0.25) is 0 Å². The van der Waals surface area contributed by atoms with Crippen molar-refractivity contribution in [3.63, 3.8) is 0 Å². The normalized spacial score (nSPS) is 11.9. The maximum Gasteiger partial charge on any atom is 0.147 e. The predicted molar refractivity (Wildman–Crippen MR) is 85.7 cm³/mol. The molecule has 5 heteroatoms. The van der Waals surface area contributed by atoms with Crippen molar-refractivity contribution in [1.82, 2.24) is 0 Å². The average Bonchev–Trinajstić information content (AvgIpc) is 2.50. The smallest absolute Gasteiger partial charge is 0.147 e. The minimum Gasteiger partial charge on any atom is -0.497 e. The highest BCUT2D eigenvalue weighted by Gasteiger charge is 2.15. The summed E-state index contributed by atoms with van der Waals surface area (Å²) in [5, 5.41) is 3.16. The average molecular weight is 354 g/mol. The lowest BCUT2D eigenvalue weighted by molar-refractivity contribution is 0.397. The van der Waals surface area contributed by atoms with Crippen LogP contribution < -0.4 is 14.8 Å². The monoisotopic (exact) mass is 353 g/mol. The van der Waals surface area contributed by atoms with E-state index in [0.717, 1.165) is 17.1 Å². The molecule has 112 valence electrons. The summed E-state index contributed by atoms with van der Waals surface area (Å²) in [4.78, 5) is 0. The van der Waals surface area contributed by atoms with Crippen LogP contribution in [0.2, 0.25) is 0 Å². The molecule has 0 aliphatic heterocycles. The van der Waals surface area contributed by atoms with Crippen LogP contribution in [-0.2, 0) is 0 Å². The lowest BCUT2D eigenvalue weighted by Gasteiger charge is -2.20. The molecule has 0 spiro atoms. The van der Waals surface area contributed by atoms with Crippen molar-refractivity contribution in [2.24, 2.45) is 0 Å². The molecule has 0 bridgehead atoms. The van der Waals surface area contributed by atoms with Gasteiger partial charge >= 0.3 is 0 Å². The molecular weight excluding hydrogens is 337 g/mol. The molecule has 0 saturated carbocycles. The second-order valence-corrected chi connectivity index (χ2v) is 5.42. The Balaban J connectivity index is 2.33. The van der Waals surface area contributed by atoms with Crippen LogP contribution in [0.25, 0.3) is 0 Å². The zero-order valence-electron chi connectivity index (χ0n) is 12.1. The first-order valence-corrected chi connectivity index (χ1v) is 7.28. The number of hydrogen-bond acceptors (Lipinski definition) is 3. The van der Waals surface area contributed by atoms with Crippen molar-refractivity contribution in [3.05, 3.63) is 52.3 Å². The third kappa shape index (κ3) is 3.47. The zero-order chi connectivity index (χ0) is 15.4. The molecule has 2 aromatic carbocycles. The molecule has 0 fully saturated rings. The molecule has 0 radical (unpaired) electrons. The van der Waals surface area contributed by atoms with Gasteiger partial charge in [-0.1, -0.05) is 6.07 Å². The summed E-state index contributed by atoms with van der Waals surface area (Å²) >= 11 is 3.35. The number of anilines is 1. The highest BCUT2D eigenvalue weighted by Crippen LogP contribution is 2.34. The van der Waals surface area contributed by atoms with E-state index in [-0.39, 0.29) is 11.9 Å². The Morgan fingerprint density at radius 1 is 1.14 bits per heavy atom. The van der Waals surface area contributed by atoms with E-state index in [9.17, 15) is 4.39 Å². The molecule has 1 N–H and O–H groups in total. The van der Waals surface area contributed by atoms with Crippen LogP contribution >= 0.6 is 15.9 Å². The van der Waals surface area contributed by atoms with E-state index < -0.39 is 0 Å². The van der Waals surface area contributed by atoms with E-state index in [2.05, 4.69) is 21.2 Å². The Hall–Kier alpha value is -1.75. The molecule has 21 heavy (non-hydrogen) atoms. The number of methoxy groups -OCH3 is 2. The second kappa shape index (κ2) is 6.80. The van der Waals surface area contributed by atoms with Crippen LogP contribution in [0.3, 0.4) is 0 Å². The maximum atomic E-state index is 13.9. The number of para-hydroxylation sites is 1. The number of rotatable bonds is 5. The zero-order valence-corrected chi connectivity index (χ0v) is 13.7. The summed E-state index contributed by atoms with van der Waals surface area (Å²) in [6.45, 7) is 1.94. The van der Waals surface area contributed by atoms with Gasteiger partial charge in [-0.05, 0) is 53.2 Å². The van der Waals surface area contributed by atoms with Crippen LogP contribution in [0.1, 0.15) is 18.5 Å². The molecular formula is C16H17BrFNO2. The first-order chi connectivity index (χ1) is 10.1. The van der Waals surface area contributed by atoms with Crippen molar-refractivity contribution >= 4 is 21.6 Å². The maximum absolute atomic E-state index is 13.9. The largest absolute Gasteiger partial charge is 0.497 e. The highest BCUT2D eigenvalue weighted by molar-refractivity contribution is 9.10. The van der Waals surface area contributed by atoms with Gasteiger partial charge in [0.1, 0.15) is 17.3 Å². The van der Waals surface area contributed by atoms with Crippen molar-refractivity contribution in [3.8, 4) is 11.5 Å². The minimum atomic E-state index is -0.307. The molecule has 2 rings (SSSR count). The van der Waals surface area contributed by atoms with Gasteiger partial charge in [0, 0.05) is 10.0 Å². The van der Waals surface area contributed by atoms with E-state index in [4.69, 9.17) is 9.47 Å². The van der Waals surface area contributed by atoms with Gasteiger partial charge in [-0.25, -0.2) is 4.39 Å². The molecule has 1 atom stereocenters. The molecule has 0 heterocycles. The Bertz CT molecular complexity index is 613. The SMILES string of the molecule is COc1ccc(OC)c(C(C)Nc2c(F)cccc2Br)c1. The topological polar surface area (TPSA) is 30.5 Å². The first-order valence-electron chi connectivity index (χ1n) is 6.49. The van der Waals surface area contributed by atoms with Crippen LogP contribution in [-0.4, -0.2) is 14.2 Å². The fourth-order valence-corrected chi connectivity index (χ4v) is 2.56. The lowest BCUT2D eigenvalue weighted by atomic mass is 10.1. The lowest BCUT2D eigenvalue weighted by Crippen LogP contribution is -2.10. The molecule has 0 aromatic heterocycles. The number of hydrogen-bond donors (Lipinski definition) is 1. The summed E-state index contributed by atoms with van der Waals surface area (Å²) < 4.78 is 25.2. The Kier molecular flexibility index (Phi) is 5.07. The summed E-state index contributed by atoms with van der Waals surface area (Å²) in [5.41, 5.74) is 1.32. The Morgan fingerprint density at radius 2 is 1.90 bits per heavy atom. The van der Waals surface area contributed by atoms with Crippen molar-refractivity contribution in [2.75, 3.05) is 19.5 Å². The Labute approximate surface area is 132 Å². The first kappa shape index (κ1) is 15.6. The molecule has 0 amide bonds. The van der Waals surface area contributed by atoms with Gasteiger partial charge in [-0.2, -0.15) is 0 Å². The van der Waals surface area contributed by atoms with E-state index in [1.807, 2.05) is 25.1 Å². The van der Waals surface area contributed by atoms with Crippen LogP contribution in [0, 0.1) is 5.82 Å². The summed E-state index contributed by atoms with van der Waals surface area (Å²) in [5.74, 6) is 1.15. The van der Waals surface area contributed by atoms with Crippen LogP contribution in [0.4, 0.5) is 10.1 Å². The standard InChI is InChI=1S/C16H17BrFNO2/c1-10(19-16-13(17)5-4-6-14(16)18)12-9-11(20-2)7-8-15(12)21-3/h4-10,19H,1-3H3. The molecule has 0 aliphatic carbocycles. The van der Waals surface area contributed by atoms with Gasteiger partial charge in [0.15, 0.2) is 0 Å². The number of halogens is 2. The third-order valence-corrected chi connectivity index (χ3v) is 3.89. The molecule has 0 aliphatic rings. The highest BCUT2D eigenvalue weighted by atomic mass is 79.9. The molecule has 1 unspecified atom stereocenters. The third-order valence-electron chi connectivity index (χ3n) is 3.23. The summed E-state index contributed by atoms with van der Waals surface area (Å²) in [7, 11) is 3.22. The molecule has 3 nitrogen and oxygen atoms in total. The quantitative estimate of drug-likeness (QED) is 0.838. The minimum absolute atomic E-state index is 0.150. The van der Waals surface area contributed by atoms with Crippen LogP contribution in [0.5, 0.6) is 11.5 Å². The van der Waals surface area contributed by atoms with Gasteiger partial charge in [0.2, 0.25) is 0 Å². The van der Waals surface area contributed by atoms with E-state index >= 15 is 0 Å². The van der Waals surface area contributed by atoms with Crippen LogP contribution in [0.15, 0.2) is 40.9 Å². The predicted octanol–water partition coefficient (Wildman–Crippen LogP) is 4.78. The number of nitrogens with one attached hydrogen (secondary N) is 1. The van der Waals surface area contributed by atoms with Gasteiger partial charge in [-0.15, -0.1) is 0 Å². The number of benzene rings is 2. The van der Waals surface area contributed by atoms with E-state index in [0.29, 0.717) is 10.2 Å². The fourth-order valence-electron chi connectivity index (χ4n) is 2.11. The van der Waals surface area contributed by atoms with E-state index in [1.165, 1.54) is 6.07 Å².